The van der Waals surface area contributed by atoms with Crippen molar-refractivity contribution in [2.75, 3.05) is 0 Å². The molecule has 2 aromatic rings. The van der Waals surface area contributed by atoms with Crippen molar-refractivity contribution in [1.82, 2.24) is 14.4 Å². The smallest absolute Gasteiger partial charge is 0.233 e. The van der Waals surface area contributed by atoms with Gasteiger partial charge in [0, 0.05) is 18.6 Å². The van der Waals surface area contributed by atoms with Gasteiger partial charge in [-0.2, -0.15) is 0 Å². The Balaban J connectivity index is 2.46. The van der Waals surface area contributed by atoms with Crippen LogP contribution in [0.15, 0.2) is 18.6 Å². The molecule has 0 fully saturated rings. The molecule has 0 unspecified atom stereocenters. The van der Waals surface area contributed by atoms with Gasteiger partial charge in [0.05, 0.1) is 12.1 Å². The molecule has 0 radical (unpaired) electrons. The molecule has 0 N–H and O–H groups in total. The number of aryl methyl sites for hydroxylation is 1. The Bertz CT molecular complexity index is 487. The Morgan fingerprint density at radius 3 is 3.00 bits per heavy atom. The number of carbonyl (C=O) groups is 1. The fourth-order valence-corrected chi connectivity index (χ4v) is 1.38. The maximum absolute atomic E-state index is 10.9. The average Bonchev–Trinajstić information content (AvgIpc) is 2.44. The first-order chi connectivity index (χ1) is 6.65. The Hall–Kier alpha value is -1.71. The molecule has 2 heterocycles. The molecule has 2 rings (SSSR count). The molecule has 0 aliphatic heterocycles. The summed E-state index contributed by atoms with van der Waals surface area (Å²) < 4.78 is 1.84. The van der Waals surface area contributed by atoms with Crippen LogP contribution in [0.4, 0.5) is 0 Å². The minimum Gasteiger partial charge on any atom is -0.300 e. The Kier molecular flexibility index (Phi) is 2.04. The van der Waals surface area contributed by atoms with E-state index in [1.54, 1.807) is 13.1 Å². The van der Waals surface area contributed by atoms with E-state index in [9.17, 15) is 4.79 Å². The predicted octanol–water partition coefficient (Wildman–Crippen LogP) is 1.17. The molecular formula is C10H11N3O. The maximum Gasteiger partial charge on any atom is 0.233 e. The van der Waals surface area contributed by atoms with E-state index in [4.69, 9.17) is 0 Å². The van der Waals surface area contributed by atoms with E-state index in [0.29, 0.717) is 12.2 Å². The number of imidazole rings is 1. The number of aromatic nitrogens is 3. The predicted molar refractivity (Wildman–Crippen MR) is 52.1 cm³/mol. The molecule has 4 heteroatoms. The summed E-state index contributed by atoms with van der Waals surface area (Å²) in [6.45, 7) is 3.53. The van der Waals surface area contributed by atoms with E-state index in [2.05, 4.69) is 9.97 Å². The molecule has 0 atom stereocenters. The van der Waals surface area contributed by atoms with Crippen molar-refractivity contribution in [3.05, 3.63) is 29.8 Å². The largest absolute Gasteiger partial charge is 0.300 e. The summed E-state index contributed by atoms with van der Waals surface area (Å²) in [6, 6.07) is 0. The van der Waals surface area contributed by atoms with Crippen molar-refractivity contribution < 1.29 is 4.79 Å². The quantitative estimate of drug-likeness (QED) is 0.712. The highest BCUT2D eigenvalue weighted by Crippen LogP contribution is 2.04. The topological polar surface area (TPSA) is 47.3 Å². The SMILES string of the molecule is CC(=O)Cc1cn2cc(C)cnc2n1. The molecule has 2 aromatic heterocycles. The zero-order valence-corrected chi connectivity index (χ0v) is 8.19. The number of nitrogens with zero attached hydrogens (tertiary/aromatic N) is 3. The highest BCUT2D eigenvalue weighted by molar-refractivity contribution is 5.77. The highest BCUT2D eigenvalue weighted by Gasteiger charge is 2.04. The van der Waals surface area contributed by atoms with Crippen LogP contribution in [-0.2, 0) is 11.2 Å². The number of Topliss-reactive ketones (excluding diaryl/α,β-unsaturated/α-hetero) is 1. The maximum atomic E-state index is 10.9. The second kappa shape index (κ2) is 3.21. The molecule has 0 saturated heterocycles. The van der Waals surface area contributed by atoms with Crippen LogP contribution in [0.25, 0.3) is 5.78 Å². The first-order valence-electron chi connectivity index (χ1n) is 4.45. The van der Waals surface area contributed by atoms with Gasteiger partial charge in [0.2, 0.25) is 5.78 Å². The summed E-state index contributed by atoms with van der Waals surface area (Å²) in [7, 11) is 0. The third-order valence-corrected chi connectivity index (χ3v) is 1.92. The third-order valence-electron chi connectivity index (χ3n) is 1.92. The number of fused-ring (bicyclic) bond motifs is 1. The van der Waals surface area contributed by atoms with E-state index in [-0.39, 0.29) is 5.78 Å². The van der Waals surface area contributed by atoms with E-state index in [1.165, 1.54) is 0 Å². The van der Waals surface area contributed by atoms with Crippen molar-refractivity contribution >= 4 is 11.6 Å². The van der Waals surface area contributed by atoms with E-state index >= 15 is 0 Å². The zero-order valence-electron chi connectivity index (χ0n) is 8.19. The summed E-state index contributed by atoms with van der Waals surface area (Å²) in [5.41, 5.74) is 1.85. The van der Waals surface area contributed by atoms with Gasteiger partial charge in [0.25, 0.3) is 0 Å². The van der Waals surface area contributed by atoms with Crippen LogP contribution in [0.5, 0.6) is 0 Å². The minimum atomic E-state index is 0.116. The lowest BCUT2D eigenvalue weighted by Crippen LogP contribution is -1.95. The van der Waals surface area contributed by atoms with Crippen molar-refractivity contribution in [3.8, 4) is 0 Å². The van der Waals surface area contributed by atoms with Gasteiger partial charge < -0.3 is 0 Å². The first-order valence-corrected chi connectivity index (χ1v) is 4.45. The number of hydrogen-bond acceptors (Lipinski definition) is 3. The minimum absolute atomic E-state index is 0.116. The Morgan fingerprint density at radius 2 is 2.29 bits per heavy atom. The second-order valence-electron chi connectivity index (χ2n) is 3.45. The summed E-state index contributed by atoms with van der Waals surface area (Å²) in [4.78, 5) is 19.3. The van der Waals surface area contributed by atoms with Crippen LogP contribution in [0.2, 0.25) is 0 Å². The zero-order chi connectivity index (χ0) is 10.1. The highest BCUT2D eigenvalue weighted by atomic mass is 16.1. The molecule has 4 nitrogen and oxygen atoms in total. The molecular weight excluding hydrogens is 178 g/mol. The lowest BCUT2D eigenvalue weighted by Gasteiger charge is -1.91. The van der Waals surface area contributed by atoms with Gasteiger partial charge >= 0.3 is 0 Å². The van der Waals surface area contributed by atoms with Crippen LogP contribution >= 0.6 is 0 Å². The van der Waals surface area contributed by atoms with E-state index in [1.807, 2.05) is 23.7 Å². The van der Waals surface area contributed by atoms with Crippen molar-refractivity contribution in [3.63, 3.8) is 0 Å². The van der Waals surface area contributed by atoms with Gasteiger partial charge in [-0.05, 0) is 19.4 Å². The van der Waals surface area contributed by atoms with Gasteiger partial charge in [-0.3, -0.25) is 9.20 Å². The number of hydrogen-bond donors (Lipinski definition) is 0. The van der Waals surface area contributed by atoms with Crippen LogP contribution < -0.4 is 0 Å². The fraction of sp³-hybridized carbons (Fsp3) is 0.300. The molecule has 0 saturated carbocycles. The monoisotopic (exact) mass is 189 g/mol. The molecule has 0 aromatic carbocycles. The molecule has 0 aliphatic rings. The summed E-state index contributed by atoms with van der Waals surface area (Å²) in [5, 5.41) is 0. The molecule has 14 heavy (non-hydrogen) atoms. The summed E-state index contributed by atoms with van der Waals surface area (Å²) in [6.07, 6.45) is 5.93. The molecule has 0 spiro atoms. The van der Waals surface area contributed by atoms with Gasteiger partial charge in [-0.25, -0.2) is 9.97 Å². The molecule has 0 amide bonds. The summed E-state index contributed by atoms with van der Waals surface area (Å²) >= 11 is 0. The average molecular weight is 189 g/mol. The van der Waals surface area contributed by atoms with Crippen molar-refractivity contribution in [1.29, 1.82) is 0 Å². The lowest BCUT2D eigenvalue weighted by atomic mass is 10.2. The second-order valence-corrected chi connectivity index (χ2v) is 3.45. The molecule has 0 bridgehead atoms. The van der Waals surface area contributed by atoms with Gasteiger partial charge in [-0.15, -0.1) is 0 Å². The molecule has 0 aliphatic carbocycles. The standard InChI is InChI=1S/C10H11N3O/c1-7-4-11-10-12-9(3-8(2)14)6-13(10)5-7/h4-6H,3H2,1-2H3. The van der Waals surface area contributed by atoms with Gasteiger partial charge in [-0.1, -0.05) is 0 Å². The van der Waals surface area contributed by atoms with Gasteiger partial charge in [0.15, 0.2) is 0 Å². The van der Waals surface area contributed by atoms with Crippen LogP contribution in [0.1, 0.15) is 18.2 Å². The lowest BCUT2D eigenvalue weighted by molar-refractivity contribution is -0.116. The third kappa shape index (κ3) is 1.64. The molecule has 72 valence electrons. The number of carbonyl (C=O) groups excluding carboxylic acids is 1. The van der Waals surface area contributed by atoms with E-state index < -0.39 is 0 Å². The van der Waals surface area contributed by atoms with Crippen molar-refractivity contribution in [2.45, 2.75) is 20.3 Å². The number of rotatable bonds is 2. The van der Waals surface area contributed by atoms with Gasteiger partial charge in [0.1, 0.15) is 5.78 Å². The Labute approximate surface area is 81.6 Å². The Morgan fingerprint density at radius 1 is 1.50 bits per heavy atom. The van der Waals surface area contributed by atoms with Crippen LogP contribution in [0.3, 0.4) is 0 Å². The fourth-order valence-electron chi connectivity index (χ4n) is 1.38. The first kappa shape index (κ1) is 8.87. The van der Waals surface area contributed by atoms with E-state index in [0.717, 1.165) is 11.3 Å². The van der Waals surface area contributed by atoms with Crippen LogP contribution in [0, 0.1) is 6.92 Å². The summed E-state index contributed by atoms with van der Waals surface area (Å²) in [5.74, 6) is 0.761. The van der Waals surface area contributed by atoms with Crippen LogP contribution in [-0.4, -0.2) is 20.2 Å². The number of ketones is 1. The normalized spacial score (nSPS) is 10.7. The van der Waals surface area contributed by atoms with Crippen molar-refractivity contribution in [2.24, 2.45) is 0 Å².